The molecule has 0 aliphatic heterocycles. The third-order valence-electron chi connectivity index (χ3n) is 7.91. The fourth-order valence-electron chi connectivity index (χ4n) is 5.53. The van der Waals surface area contributed by atoms with Crippen LogP contribution in [0.25, 0.3) is 79.1 Å². The van der Waals surface area contributed by atoms with Crippen molar-refractivity contribution < 1.29 is 4.42 Å². The molecule has 0 aliphatic rings. The van der Waals surface area contributed by atoms with Crippen LogP contribution in [0.1, 0.15) is 11.4 Å². The second kappa shape index (κ2) is 13.7. The van der Waals surface area contributed by atoms with Crippen molar-refractivity contribution in [3.05, 3.63) is 116 Å². The van der Waals surface area contributed by atoms with E-state index in [0.717, 1.165) is 72.1 Å². The van der Waals surface area contributed by atoms with E-state index < -0.39 is 0 Å². The largest absolute Gasteiger partial charge is 0.423 e. The first-order valence-corrected chi connectivity index (χ1v) is 17.0. The van der Waals surface area contributed by atoms with Gasteiger partial charge in [-0.2, -0.15) is 0 Å². The van der Waals surface area contributed by atoms with Gasteiger partial charge in [-0.15, -0.1) is 22.0 Å². The molecule has 9 rings (SSSR count). The molecule has 0 spiro atoms. The average molecular weight is 689 g/mol. The number of aromatic nitrogens is 12. The number of nitrogens with zero attached hydrogens (tertiary/aromatic N) is 10. The minimum atomic E-state index is 0.407. The normalized spacial score (nSPS) is 11.1. The highest BCUT2D eigenvalue weighted by Gasteiger charge is 2.16. The first-order chi connectivity index (χ1) is 25.0. The van der Waals surface area contributed by atoms with Crippen molar-refractivity contribution >= 4 is 33.8 Å². The summed E-state index contributed by atoms with van der Waals surface area (Å²) >= 11 is 1.66. The number of fused-ring (bicyclic) bond motifs is 2. The van der Waals surface area contributed by atoms with Crippen LogP contribution in [0.3, 0.4) is 0 Å². The lowest BCUT2D eigenvalue weighted by molar-refractivity contribution is 0.568. The van der Waals surface area contributed by atoms with Crippen LogP contribution in [0.4, 0.5) is 0 Å². The van der Waals surface area contributed by atoms with Gasteiger partial charge < -0.3 is 14.4 Å². The topological polar surface area (TPSA) is 174 Å². The van der Waals surface area contributed by atoms with Gasteiger partial charge in [0.15, 0.2) is 11.6 Å². The quantitative estimate of drug-likeness (QED) is 0.164. The Balaban J connectivity index is 0.000000148. The Morgan fingerprint density at radius 2 is 1.18 bits per heavy atom. The number of hydrogen-bond acceptors (Lipinski definition) is 12. The van der Waals surface area contributed by atoms with E-state index in [0.29, 0.717) is 23.2 Å². The number of pyridine rings is 4. The molecule has 0 bridgehead atoms. The minimum Gasteiger partial charge on any atom is -0.423 e. The summed E-state index contributed by atoms with van der Waals surface area (Å²) in [5.41, 5.74) is 9.01. The molecule has 0 atom stereocenters. The number of hydrogen-bond donors (Lipinski definition) is 2. The molecule has 9 heterocycles. The maximum atomic E-state index is 5.28. The molecule has 248 valence electrons. The van der Waals surface area contributed by atoms with Crippen molar-refractivity contribution in [2.75, 3.05) is 6.26 Å². The fourth-order valence-corrected chi connectivity index (χ4v) is 5.94. The molecule has 0 amide bonds. The van der Waals surface area contributed by atoms with Crippen LogP contribution >= 0.6 is 11.8 Å². The predicted molar refractivity (Wildman–Crippen MR) is 195 cm³/mol. The SMILES string of the molecule is CSc1cncc(-c2nc(-c3cccc(C)n3)nc3[nH]ccc23)c1.Cc1cccc(-c2nc(-c3cncc(-c4nnco4)c3)c3cc[nH]c3n2)n1. The van der Waals surface area contributed by atoms with Gasteiger partial charge in [-0.25, -0.2) is 29.9 Å². The summed E-state index contributed by atoms with van der Waals surface area (Å²) in [6.45, 7) is 3.90. The zero-order chi connectivity index (χ0) is 34.7. The third-order valence-corrected chi connectivity index (χ3v) is 8.60. The Hall–Kier alpha value is -6.67. The molecule has 13 nitrogen and oxygen atoms in total. The zero-order valence-corrected chi connectivity index (χ0v) is 28.4. The van der Waals surface area contributed by atoms with Crippen LogP contribution in [0.2, 0.25) is 0 Å². The van der Waals surface area contributed by atoms with Crippen LogP contribution in [0.15, 0.2) is 114 Å². The summed E-state index contributed by atoms with van der Waals surface area (Å²) in [5.74, 6) is 1.56. The Morgan fingerprint density at radius 1 is 0.608 bits per heavy atom. The molecule has 0 aliphatic carbocycles. The first kappa shape index (κ1) is 31.6. The van der Waals surface area contributed by atoms with E-state index in [1.54, 1.807) is 24.2 Å². The number of aromatic amines is 2. The van der Waals surface area contributed by atoms with Gasteiger partial charge in [-0.3, -0.25) is 9.97 Å². The molecule has 9 aromatic rings. The Kier molecular flexibility index (Phi) is 8.47. The molecule has 9 aromatic heterocycles. The second-order valence-electron chi connectivity index (χ2n) is 11.4. The molecular formula is C37H28N12OS. The fraction of sp³-hybridized carbons (Fsp3) is 0.0811. The lowest BCUT2D eigenvalue weighted by Gasteiger charge is -2.07. The zero-order valence-electron chi connectivity index (χ0n) is 27.6. The molecule has 0 saturated heterocycles. The van der Waals surface area contributed by atoms with Crippen molar-refractivity contribution in [2.45, 2.75) is 18.7 Å². The second-order valence-corrected chi connectivity index (χ2v) is 12.3. The molecule has 0 saturated carbocycles. The van der Waals surface area contributed by atoms with Crippen molar-refractivity contribution in [3.63, 3.8) is 0 Å². The number of aryl methyl sites for hydroxylation is 2. The first-order valence-electron chi connectivity index (χ1n) is 15.8. The van der Waals surface area contributed by atoms with Crippen LogP contribution < -0.4 is 0 Å². The molecule has 0 fully saturated rings. The van der Waals surface area contributed by atoms with Gasteiger partial charge in [-0.1, -0.05) is 12.1 Å². The summed E-state index contributed by atoms with van der Waals surface area (Å²) in [6, 6.07) is 19.6. The van der Waals surface area contributed by atoms with Crippen molar-refractivity contribution in [1.82, 2.24) is 60.0 Å². The summed E-state index contributed by atoms with van der Waals surface area (Å²) in [4.78, 5) is 44.0. The molecule has 51 heavy (non-hydrogen) atoms. The summed E-state index contributed by atoms with van der Waals surface area (Å²) in [6.07, 6.45) is 14.2. The van der Waals surface area contributed by atoms with Crippen LogP contribution in [0.5, 0.6) is 0 Å². The average Bonchev–Trinajstić information content (AvgIpc) is 3.97. The summed E-state index contributed by atoms with van der Waals surface area (Å²) < 4.78 is 5.28. The molecule has 14 heteroatoms. The number of H-pyrrole nitrogens is 2. The lowest BCUT2D eigenvalue weighted by atomic mass is 10.1. The molecule has 0 unspecified atom stereocenters. The predicted octanol–water partition coefficient (Wildman–Crippen LogP) is 7.55. The number of rotatable bonds is 6. The number of nitrogens with one attached hydrogen (secondary N) is 2. The van der Waals surface area contributed by atoms with Gasteiger partial charge in [0, 0.05) is 75.4 Å². The standard InChI is InChI=1S/C19H13N7O.C18H15N5S/c1-11-3-2-4-15(23-11)18-24-16(14-5-6-21-17(14)25-18)12-7-13(9-20-8-12)19-26-22-10-27-19;1-11-4-3-5-15(21-11)18-22-16(14-6-7-20-17(14)23-18)12-8-13(24-2)10-19-9-12/h2-10H,1H3,(H,21,24,25);3-10H,1-2H3,(H,20,22,23). The smallest absolute Gasteiger partial charge is 0.249 e. The van der Waals surface area contributed by atoms with E-state index >= 15 is 0 Å². The van der Waals surface area contributed by atoms with Crippen molar-refractivity contribution in [2.24, 2.45) is 0 Å². The number of thioether (sulfide) groups is 1. The summed E-state index contributed by atoms with van der Waals surface area (Å²) in [7, 11) is 0. The molecule has 2 N–H and O–H groups in total. The highest BCUT2D eigenvalue weighted by atomic mass is 32.2. The van der Waals surface area contributed by atoms with E-state index in [1.165, 1.54) is 6.39 Å². The van der Waals surface area contributed by atoms with Gasteiger partial charge in [0.25, 0.3) is 0 Å². The summed E-state index contributed by atoms with van der Waals surface area (Å²) in [5, 5.41) is 9.54. The van der Waals surface area contributed by atoms with Crippen molar-refractivity contribution in [1.29, 1.82) is 0 Å². The maximum Gasteiger partial charge on any atom is 0.249 e. The highest BCUT2D eigenvalue weighted by molar-refractivity contribution is 7.98. The Labute approximate surface area is 295 Å². The third kappa shape index (κ3) is 6.55. The van der Waals surface area contributed by atoms with E-state index in [9.17, 15) is 0 Å². The maximum absolute atomic E-state index is 5.28. The van der Waals surface area contributed by atoms with Crippen molar-refractivity contribution in [3.8, 4) is 57.0 Å². The van der Waals surface area contributed by atoms with Gasteiger partial charge in [0.05, 0.1) is 17.0 Å². The van der Waals surface area contributed by atoms with E-state index in [1.807, 2.05) is 99.5 Å². The lowest BCUT2D eigenvalue weighted by Crippen LogP contribution is -1.97. The van der Waals surface area contributed by atoms with Crippen LogP contribution in [-0.2, 0) is 0 Å². The molecule has 0 radical (unpaired) electrons. The Bertz CT molecular complexity index is 2630. The van der Waals surface area contributed by atoms with Gasteiger partial charge >= 0.3 is 0 Å². The van der Waals surface area contributed by atoms with Gasteiger partial charge in [-0.05, 0) is 68.6 Å². The highest BCUT2D eigenvalue weighted by Crippen LogP contribution is 2.31. The van der Waals surface area contributed by atoms with Gasteiger partial charge in [0.1, 0.15) is 22.7 Å². The van der Waals surface area contributed by atoms with E-state index in [4.69, 9.17) is 14.4 Å². The van der Waals surface area contributed by atoms with E-state index in [-0.39, 0.29) is 0 Å². The van der Waals surface area contributed by atoms with Crippen LogP contribution in [0, 0.1) is 13.8 Å². The van der Waals surface area contributed by atoms with Gasteiger partial charge in [0.2, 0.25) is 12.3 Å². The molecule has 0 aromatic carbocycles. The molecular weight excluding hydrogens is 661 g/mol. The minimum absolute atomic E-state index is 0.407. The monoisotopic (exact) mass is 688 g/mol. The Morgan fingerprint density at radius 3 is 1.73 bits per heavy atom. The van der Waals surface area contributed by atoms with Crippen LogP contribution in [-0.4, -0.2) is 66.3 Å². The van der Waals surface area contributed by atoms with E-state index in [2.05, 4.69) is 56.1 Å².